The molecule has 11 nitrogen and oxygen atoms in total. The van der Waals surface area contributed by atoms with Crippen molar-refractivity contribution in [2.75, 3.05) is 31.5 Å². The molecule has 1 fully saturated rings. The van der Waals surface area contributed by atoms with Gasteiger partial charge in [0.15, 0.2) is 0 Å². The summed E-state index contributed by atoms with van der Waals surface area (Å²) in [5.74, 6) is 0.607. The molecule has 3 N–H and O–H groups in total. The molecule has 0 aliphatic carbocycles. The number of anilines is 1. The molecule has 0 spiro atoms. The molecule has 6 rings (SSSR count). The van der Waals surface area contributed by atoms with Crippen LogP contribution in [0.2, 0.25) is 5.02 Å². The van der Waals surface area contributed by atoms with Crippen molar-refractivity contribution in [1.82, 2.24) is 30.0 Å². The minimum absolute atomic E-state index is 0.0398. The van der Waals surface area contributed by atoms with Crippen LogP contribution in [0.25, 0.3) is 22.5 Å². The fourth-order valence-corrected chi connectivity index (χ4v) is 6.06. The van der Waals surface area contributed by atoms with Crippen molar-refractivity contribution in [3.8, 4) is 17.5 Å². The molecule has 0 radical (unpaired) electrons. The topological polar surface area (TPSA) is 147 Å². The Kier molecular flexibility index (Phi) is 9.66. The van der Waals surface area contributed by atoms with Crippen LogP contribution in [0.1, 0.15) is 53.6 Å². The third-order valence-electron chi connectivity index (χ3n) is 8.69. The lowest BCUT2D eigenvalue weighted by molar-refractivity contribution is 0.122. The van der Waals surface area contributed by atoms with Crippen molar-refractivity contribution in [3.05, 3.63) is 104 Å². The van der Waals surface area contributed by atoms with E-state index >= 15 is 0 Å². The number of halogens is 1. The summed E-state index contributed by atoms with van der Waals surface area (Å²) >= 11 is 6.34. The highest BCUT2D eigenvalue weighted by Crippen LogP contribution is 2.31. The van der Waals surface area contributed by atoms with E-state index in [1.165, 1.54) is 5.56 Å². The Morgan fingerprint density at radius 2 is 1.77 bits per heavy atom. The normalized spacial score (nSPS) is 15.4. The van der Waals surface area contributed by atoms with Crippen molar-refractivity contribution < 1.29 is 9.52 Å². The first-order chi connectivity index (χ1) is 22.7. The zero-order chi connectivity index (χ0) is 33.1. The lowest BCUT2D eigenvalue weighted by Gasteiger charge is -2.34. The maximum absolute atomic E-state index is 12.2. The summed E-state index contributed by atoms with van der Waals surface area (Å²) in [6.07, 6.45) is 1.75. The van der Waals surface area contributed by atoms with Gasteiger partial charge in [0, 0.05) is 62.3 Å². The van der Waals surface area contributed by atoms with Gasteiger partial charge in [0.2, 0.25) is 11.8 Å². The number of pyridine rings is 2. The van der Waals surface area contributed by atoms with E-state index in [9.17, 15) is 15.2 Å². The smallest absolute Gasteiger partial charge is 0.251 e. The van der Waals surface area contributed by atoms with Crippen molar-refractivity contribution in [2.24, 2.45) is 0 Å². The molecule has 1 saturated heterocycles. The van der Waals surface area contributed by atoms with Gasteiger partial charge in [-0.15, -0.1) is 10.2 Å². The molecule has 12 heteroatoms. The van der Waals surface area contributed by atoms with E-state index in [2.05, 4.69) is 53.5 Å². The van der Waals surface area contributed by atoms with E-state index in [1.807, 2.05) is 37.4 Å². The SMILES string of the molecule is CCc1cc2ncc(CN3CCN(Cc4ccc(-c5nnc([C@H](Nc6ccc(C#N)c(Cl)c6C)[C@H](C)O)o5)cc4)CC3)cc2[nH]c1=O. The number of piperazine rings is 1. The molecule has 1 aliphatic rings. The quantitative estimate of drug-likeness (QED) is 0.183. The summed E-state index contributed by atoms with van der Waals surface area (Å²) in [4.78, 5) is 24.7. The molecule has 0 bridgehead atoms. The van der Waals surface area contributed by atoms with E-state index in [0.717, 1.165) is 67.0 Å². The van der Waals surface area contributed by atoms with Crippen LogP contribution in [0.3, 0.4) is 0 Å². The van der Waals surface area contributed by atoms with Gasteiger partial charge in [0.25, 0.3) is 5.56 Å². The Balaban J connectivity index is 1.04. The zero-order valence-electron chi connectivity index (χ0n) is 26.6. The summed E-state index contributed by atoms with van der Waals surface area (Å²) < 4.78 is 6.00. The average Bonchev–Trinajstić information content (AvgIpc) is 3.56. The van der Waals surface area contributed by atoms with Crippen LogP contribution in [0.4, 0.5) is 5.69 Å². The number of nitrogens with zero attached hydrogens (tertiary/aromatic N) is 6. The average molecular weight is 653 g/mol. The number of H-pyrrole nitrogens is 1. The standard InChI is InChI=1S/C35H37ClN8O3/c1-4-25-16-29-30(40-33(25)46)15-24(18-38-29)20-44-13-11-43(12-14-44)19-23-5-7-26(8-6-23)34-41-42-35(47-34)32(22(3)45)39-28-10-9-27(17-37)31(36)21(28)2/h5-10,15-16,18,22,32,39,45H,4,11-14,19-20H2,1-3H3,(H,40,46)/t22-,32+/m0/s1. The van der Waals surface area contributed by atoms with Gasteiger partial charge in [-0.3, -0.25) is 19.6 Å². The first-order valence-corrected chi connectivity index (χ1v) is 16.1. The minimum Gasteiger partial charge on any atom is -0.418 e. The number of hydrogen-bond donors (Lipinski definition) is 3. The van der Waals surface area contributed by atoms with E-state index < -0.39 is 12.1 Å². The number of aryl methyl sites for hydroxylation is 1. The first-order valence-electron chi connectivity index (χ1n) is 15.7. The summed E-state index contributed by atoms with van der Waals surface area (Å²) in [5, 5.41) is 31.8. The third kappa shape index (κ3) is 7.21. The fraction of sp³-hybridized carbons (Fsp3) is 0.343. The molecule has 2 aromatic carbocycles. The number of aromatic amines is 1. The number of benzene rings is 2. The molecule has 5 aromatic rings. The van der Waals surface area contributed by atoms with Gasteiger partial charge in [-0.25, -0.2) is 0 Å². The Morgan fingerprint density at radius 3 is 2.43 bits per heavy atom. The first kappa shape index (κ1) is 32.3. The van der Waals surface area contributed by atoms with Crippen molar-refractivity contribution in [1.29, 1.82) is 5.26 Å². The highest BCUT2D eigenvalue weighted by Gasteiger charge is 2.25. The highest BCUT2D eigenvalue weighted by atomic mass is 35.5. The molecular formula is C35H37ClN8O3. The van der Waals surface area contributed by atoms with Gasteiger partial charge in [-0.1, -0.05) is 30.7 Å². The number of aromatic nitrogens is 4. The largest absolute Gasteiger partial charge is 0.418 e. The maximum atomic E-state index is 12.2. The van der Waals surface area contributed by atoms with Crippen LogP contribution in [-0.2, 0) is 19.5 Å². The minimum atomic E-state index is -0.844. The molecule has 3 aromatic heterocycles. The maximum Gasteiger partial charge on any atom is 0.251 e. The Bertz CT molecular complexity index is 1970. The molecule has 1 aliphatic heterocycles. The molecule has 47 heavy (non-hydrogen) atoms. The number of nitriles is 1. The van der Waals surface area contributed by atoms with E-state index in [4.69, 9.17) is 16.0 Å². The summed E-state index contributed by atoms with van der Waals surface area (Å²) in [6, 6.07) is 16.8. The number of aliphatic hydroxyl groups is 1. The summed E-state index contributed by atoms with van der Waals surface area (Å²) in [5.41, 5.74) is 7.13. The monoisotopic (exact) mass is 652 g/mol. The van der Waals surface area contributed by atoms with Crippen LogP contribution >= 0.6 is 11.6 Å². The van der Waals surface area contributed by atoms with Crippen LogP contribution < -0.4 is 10.9 Å². The Hall–Kier alpha value is -4.60. The fourth-order valence-electron chi connectivity index (χ4n) is 5.85. The molecule has 4 heterocycles. The van der Waals surface area contributed by atoms with E-state index in [1.54, 1.807) is 26.0 Å². The second-order valence-electron chi connectivity index (χ2n) is 12.0. The van der Waals surface area contributed by atoms with Crippen molar-refractivity contribution in [3.63, 3.8) is 0 Å². The molecule has 0 amide bonds. The van der Waals surface area contributed by atoms with Gasteiger partial charge in [0.1, 0.15) is 12.1 Å². The Morgan fingerprint density at radius 1 is 1.06 bits per heavy atom. The van der Waals surface area contributed by atoms with Crippen molar-refractivity contribution in [2.45, 2.75) is 52.4 Å². The molecule has 0 unspecified atom stereocenters. The number of rotatable bonds is 10. The van der Waals surface area contributed by atoms with E-state index in [-0.39, 0.29) is 11.4 Å². The summed E-state index contributed by atoms with van der Waals surface area (Å²) in [6.45, 7) is 10.8. The number of aliphatic hydroxyl groups excluding tert-OH is 1. The lowest BCUT2D eigenvalue weighted by atomic mass is 10.1. The van der Waals surface area contributed by atoms with Gasteiger partial charge in [-0.2, -0.15) is 5.26 Å². The third-order valence-corrected chi connectivity index (χ3v) is 9.18. The van der Waals surface area contributed by atoms with Gasteiger partial charge in [-0.05, 0) is 73.4 Å². The number of hydrogen-bond acceptors (Lipinski definition) is 10. The van der Waals surface area contributed by atoms with E-state index in [0.29, 0.717) is 34.1 Å². The molecular weight excluding hydrogens is 616 g/mol. The highest BCUT2D eigenvalue weighted by molar-refractivity contribution is 6.32. The Labute approximate surface area is 277 Å². The second-order valence-corrected chi connectivity index (χ2v) is 12.4. The van der Waals surface area contributed by atoms with Gasteiger partial charge in [0.05, 0.1) is 27.7 Å². The van der Waals surface area contributed by atoms with Gasteiger partial charge < -0.3 is 19.8 Å². The molecule has 2 atom stereocenters. The lowest BCUT2D eigenvalue weighted by Crippen LogP contribution is -2.45. The van der Waals surface area contributed by atoms with Crippen LogP contribution in [0, 0.1) is 18.3 Å². The zero-order valence-corrected chi connectivity index (χ0v) is 27.4. The predicted molar refractivity (Wildman–Crippen MR) is 181 cm³/mol. The molecule has 242 valence electrons. The van der Waals surface area contributed by atoms with Crippen LogP contribution in [0.5, 0.6) is 0 Å². The van der Waals surface area contributed by atoms with Crippen LogP contribution in [-0.4, -0.2) is 67.4 Å². The van der Waals surface area contributed by atoms with Gasteiger partial charge >= 0.3 is 0 Å². The molecule has 0 saturated carbocycles. The van der Waals surface area contributed by atoms with Crippen LogP contribution in [0.15, 0.2) is 63.9 Å². The second kappa shape index (κ2) is 14.0. The summed E-state index contributed by atoms with van der Waals surface area (Å²) in [7, 11) is 0. The van der Waals surface area contributed by atoms with Crippen molar-refractivity contribution >= 4 is 28.3 Å². The number of fused-ring (bicyclic) bond motifs is 1. The number of nitrogens with one attached hydrogen (secondary N) is 2. The predicted octanol–water partition coefficient (Wildman–Crippen LogP) is 5.22.